The first-order valence-electron chi connectivity index (χ1n) is 10.7. The fourth-order valence-electron chi connectivity index (χ4n) is 5.00. The Kier molecular flexibility index (Phi) is 5.78. The van der Waals surface area contributed by atoms with Gasteiger partial charge >= 0.3 is 0 Å². The minimum atomic E-state index is -0.661. The van der Waals surface area contributed by atoms with Crippen LogP contribution in [0.25, 0.3) is 6.08 Å². The maximum Gasteiger partial charge on any atom is 0.258 e. The highest BCUT2D eigenvalue weighted by Gasteiger charge is 2.57. The van der Waals surface area contributed by atoms with E-state index in [-0.39, 0.29) is 30.5 Å². The lowest BCUT2D eigenvalue weighted by Crippen LogP contribution is -2.49. The lowest BCUT2D eigenvalue weighted by atomic mass is 9.86. The van der Waals surface area contributed by atoms with Crippen LogP contribution in [0.5, 0.6) is 0 Å². The Balaban J connectivity index is 1.82. The maximum absolute atomic E-state index is 13.4. The summed E-state index contributed by atoms with van der Waals surface area (Å²) in [5, 5.41) is 13.2. The Hall–Kier alpha value is -3.19. The standard InChI is InChI=1S/C24H27N3O4/c1-3-8-15-11-12-18-22-21(23(30)25-16-9-6-5-7-10-16)17(14-28)19(13-26(18)24(15)31)27(22)20(29)4-2/h3,5-12,17,19,21-22,28H,4,13-14H2,1-2H3,(H,25,30)/b8-3+/t17-,19-,21+,22+/m0/s1. The van der Waals surface area contributed by atoms with Crippen molar-refractivity contribution in [1.82, 2.24) is 9.47 Å². The number of carbonyl (C=O) groups excluding carboxylic acids is 2. The van der Waals surface area contributed by atoms with Crippen molar-refractivity contribution in [2.24, 2.45) is 11.8 Å². The van der Waals surface area contributed by atoms with Crippen LogP contribution in [0, 0.1) is 11.8 Å². The molecule has 1 saturated heterocycles. The van der Waals surface area contributed by atoms with Crippen LogP contribution < -0.4 is 10.9 Å². The number of amides is 2. The van der Waals surface area contributed by atoms with Gasteiger partial charge in [0.1, 0.15) is 0 Å². The topological polar surface area (TPSA) is 91.6 Å². The summed E-state index contributed by atoms with van der Waals surface area (Å²) in [4.78, 5) is 41.1. The predicted molar refractivity (Wildman–Crippen MR) is 118 cm³/mol. The molecule has 1 aromatic heterocycles. The number of aromatic nitrogens is 1. The molecule has 7 heteroatoms. The first kappa shape index (κ1) is 21.1. The zero-order valence-corrected chi connectivity index (χ0v) is 17.7. The largest absolute Gasteiger partial charge is 0.396 e. The number of aliphatic hydroxyl groups is 1. The summed E-state index contributed by atoms with van der Waals surface area (Å²) in [5.41, 5.74) is 1.71. The van der Waals surface area contributed by atoms with Crippen molar-refractivity contribution in [3.8, 4) is 0 Å². The molecule has 0 radical (unpaired) electrons. The number of aliphatic hydroxyl groups excluding tert-OH is 1. The van der Waals surface area contributed by atoms with Gasteiger partial charge in [0.05, 0.1) is 18.0 Å². The number of pyridine rings is 1. The summed E-state index contributed by atoms with van der Waals surface area (Å²) in [5.74, 6) is -1.47. The van der Waals surface area contributed by atoms with Crippen molar-refractivity contribution in [1.29, 1.82) is 0 Å². The molecule has 7 nitrogen and oxygen atoms in total. The summed E-state index contributed by atoms with van der Waals surface area (Å²) in [7, 11) is 0. The summed E-state index contributed by atoms with van der Waals surface area (Å²) >= 11 is 0. The monoisotopic (exact) mass is 421 g/mol. The lowest BCUT2D eigenvalue weighted by molar-refractivity contribution is -0.136. The molecule has 4 rings (SSSR count). The third-order valence-corrected chi connectivity index (χ3v) is 6.35. The minimum Gasteiger partial charge on any atom is -0.396 e. The van der Waals surface area contributed by atoms with Gasteiger partial charge in [-0.05, 0) is 31.2 Å². The van der Waals surface area contributed by atoms with Crippen molar-refractivity contribution in [2.75, 3.05) is 11.9 Å². The molecule has 0 spiro atoms. The van der Waals surface area contributed by atoms with Gasteiger partial charge in [-0.3, -0.25) is 14.4 Å². The van der Waals surface area contributed by atoms with Gasteiger partial charge < -0.3 is 19.9 Å². The molecule has 4 atom stereocenters. The number of hydrogen-bond acceptors (Lipinski definition) is 4. The number of nitrogens with zero attached hydrogens (tertiary/aromatic N) is 2. The Morgan fingerprint density at radius 2 is 1.94 bits per heavy atom. The second-order valence-corrected chi connectivity index (χ2v) is 8.02. The van der Waals surface area contributed by atoms with Gasteiger partial charge in [-0.15, -0.1) is 0 Å². The molecule has 0 unspecified atom stereocenters. The van der Waals surface area contributed by atoms with Crippen LogP contribution in [0.15, 0.2) is 53.3 Å². The number of benzene rings is 1. The number of carbonyl (C=O) groups is 2. The fraction of sp³-hybridized carbons (Fsp3) is 0.375. The number of anilines is 1. The van der Waals surface area contributed by atoms with Crippen LogP contribution >= 0.6 is 0 Å². The van der Waals surface area contributed by atoms with Gasteiger partial charge in [0.25, 0.3) is 5.56 Å². The first-order valence-corrected chi connectivity index (χ1v) is 10.7. The van der Waals surface area contributed by atoms with E-state index in [1.54, 1.807) is 46.7 Å². The summed E-state index contributed by atoms with van der Waals surface area (Å²) in [6.07, 6.45) is 3.85. The van der Waals surface area contributed by atoms with Gasteiger partial charge in [0, 0.05) is 42.4 Å². The number of allylic oxidation sites excluding steroid dienone is 1. The van der Waals surface area contributed by atoms with Crippen molar-refractivity contribution in [3.63, 3.8) is 0 Å². The fourth-order valence-corrected chi connectivity index (χ4v) is 5.00. The zero-order valence-electron chi connectivity index (χ0n) is 17.7. The molecular formula is C24H27N3O4. The normalized spacial score (nSPS) is 24.3. The van der Waals surface area contributed by atoms with Crippen molar-refractivity contribution in [3.05, 3.63) is 70.2 Å². The second kappa shape index (κ2) is 8.51. The molecule has 0 saturated carbocycles. The molecule has 3 heterocycles. The molecule has 162 valence electrons. The third kappa shape index (κ3) is 3.49. The van der Waals surface area contributed by atoms with Crippen LogP contribution in [-0.4, -0.2) is 39.0 Å². The number of nitrogens with one attached hydrogen (secondary N) is 1. The molecule has 31 heavy (non-hydrogen) atoms. The van der Waals surface area contributed by atoms with Gasteiger partial charge in [-0.1, -0.05) is 37.3 Å². The third-order valence-electron chi connectivity index (χ3n) is 6.35. The predicted octanol–water partition coefficient (Wildman–Crippen LogP) is 2.42. The molecule has 2 aliphatic rings. The Morgan fingerprint density at radius 1 is 1.19 bits per heavy atom. The lowest BCUT2D eigenvalue weighted by Gasteiger charge is -2.38. The maximum atomic E-state index is 13.4. The van der Waals surface area contributed by atoms with E-state index in [2.05, 4.69) is 5.32 Å². The van der Waals surface area contributed by atoms with E-state index in [1.165, 1.54) is 0 Å². The highest BCUT2D eigenvalue weighted by atomic mass is 16.3. The highest BCUT2D eigenvalue weighted by molar-refractivity contribution is 5.94. The molecular weight excluding hydrogens is 394 g/mol. The van der Waals surface area contributed by atoms with E-state index in [4.69, 9.17) is 0 Å². The van der Waals surface area contributed by atoms with Crippen LogP contribution in [0.1, 0.15) is 37.6 Å². The number of hydrogen-bond donors (Lipinski definition) is 2. The number of para-hydroxylation sites is 1. The van der Waals surface area contributed by atoms with E-state index in [0.717, 1.165) is 0 Å². The van der Waals surface area contributed by atoms with Crippen LogP contribution in [0.4, 0.5) is 5.69 Å². The smallest absolute Gasteiger partial charge is 0.258 e. The average molecular weight is 421 g/mol. The Morgan fingerprint density at radius 3 is 2.58 bits per heavy atom. The summed E-state index contributed by atoms with van der Waals surface area (Å²) in [6, 6.07) is 11.7. The van der Waals surface area contributed by atoms with Crippen molar-refractivity contribution >= 4 is 23.6 Å². The molecule has 1 aromatic carbocycles. The van der Waals surface area contributed by atoms with Gasteiger partial charge in [-0.25, -0.2) is 0 Å². The Bertz CT molecular complexity index is 1080. The zero-order chi connectivity index (χ0) is 22.1. The molecule has 2 bridgehead atoms. The van der Waals surface area contributed by atoms with Crippen molar-refractivity contribution < 1.29 is 14.7 Å². The van der Waals surface area contributed by atoms with Crippen LogP contribution in [0.2, 0.25) is 0 Å². The van der Waals surface area contributed by atoms with Gasteiger partial charge in [-0.2, -0.15) is 0 Å². The van der Waals surface area contributed by atoms with Gasteiger partial charge in [0.2, 0.25) is 11.8 Å². The minimum absolute atomic E-state index is 0.0836. The molecule has 2 amide bonds. The Labute approximate surface area is 181 Å². The van der Waals surface area contributed by atoms with E-state index in [0.29, 0.717) is 23.4 Å². The van der Waals surface area contributed by atoms with E-state index < -0.39 is 23.9 Å². The van der Waals surface area contributed by atoms with Crippen molar-refractivity contribution in [2.45, 2.75) is 38.9 Å². The first-order chi connectivity index (χ1) is 15.0. The highest BCUT2D eigenvalue weighted by Crippen LogP contribution is 2.48. The average Bonchev–Trinajstić information content (AvgIpc) is 3.02. The van der Waals surface area contributed by atoms with Crippen LogP contribution in [-0.2, 0) is 16.1 Å². The number of rotatable bonds is 5. The molecule has 1 fully saturated rings. The quantitative estimate of drug-likeness (QED) is 0.776. The van der Waals surface area contributed by atoms with Crippen LogP contribution in [0.3, 0.4) is 0 Å². The van der Waals surface area contributed by atoms with Gasteiger partial charge in [0.15, 0.2) is 0 Å². The summed E-state index contributed by atoms with van der Waals surface area (Å²) < 4.78 is 1.67. The van der Waals surface area contributed by atoms with E-state index in [9.17, 15) is 19.5 Å². The second-order valence-electron chi connectivity index (χ2n) is 8.02. The van der Waals surface area contributed by atoms with E-state index >= 15 is 0 Å². The summed E-state index contributed by atoms with van der Waals surface area (Å²) in [6.45, 7) is 3.65. The molecule has 2 N–H and O–H groups in total. The van der Waals surface area contributed by atoms with E-state index in [1.807, 2.05) is 31.2 Å². The SMILES string of the molecule is C/C=C/c1ccc2n(c1=O)C[C@H]1[C@H](CO)[C@@H](C(=O)Nc3ccccc3)[C@@H]2N1C(=O)CC. The molecule has 2 aliphatic heterocycles. The number of fused-ring (bicyclic) bond motifs is 4. The molecule has 2 aromatic rings. The molecule has 0 aliphatic carbocycles.